The Kier molecular flexibility index (Phi) is 6.51. The van der Waals surface area contributed by atoms with Gasteiger partial charge in [0.1, 0.15) is 17.3 Å². The normalized spacial score (nSPS) is 10.7. The van der Waals surface area contributed by atoms with E-state index in [1.54, 1.807) is 37.4 Å². The van der Waals surface area contributed by atoms with Gasteiger partial charge in [-0.2, -0.15) is 0 Å². The van der Waals surface area contributed by atoms with Gasteiger partial charge in [0.25, 0.3) is 0 Å². The summed E-state index contributed by atoms with van der Waals surface area (Å²) in [5, 5.41) is 9.17. The molecule has 0 saturated heterocycles. The summed E-state index contributed by atoms with van der Waals surface area (Å²) >= 11 is 1.27. The van der Waals surface area contributed by atoms with E-state index in [9.17, 15) is 9.18 Å². The van der Waals surface area contributed by atoms with Crippen LogP contribution in [-0.2, 0) is 0 Å². The summed E-state index contributed by atoms with van der Waals surface area (Å²) in [6.45, 7) is 0. The Morgan fingerprint density at radius 3 is 2.41 bits per heavy atom. The lowest BCUT2D eigenvalue weighted by Gasteiger charge is -2.11. The average Bonchev–Trinajstić information content (AvgIpc) is 3.27. The molecule has 4 aromatic rings. The minimum absolute atomic E-state index is 0.111. The summed E-state index contributed by atoms with van der Waals surface area (Å²) in [7, 11) is 3.07. The first-order valence-electron chi connectivity index (χ1n) is 9.75. The van der Waals surface area contributed by atoms with E-state index in [0.29, 0.717) is 28.0 Å². The Balaban J connectivity index is 1.64. The van der Waals surface area contributed by atoms with Gasteiger partial charge in [-0.3, -0.25) is 9.36 Å². The van der Waals surface area contributed by atoms with Crippen LogP contribution in [0.1, 0.15) is 10.4 Å². The molecule has 8 heteroatoms. The number of para-hydroxylation sites is 1. The van der Waals surface area contributed by atoms with E-state index < -0.39 is 0 Å². The lowest BCUT2D eigenvalue weighted by Crippen LogP contribution is -2.07. The van der Waals surface area contributed by atoms with Gasteiger partial charge in [-0.25, -0.2) is 4.39 Å². The Morgan fingerprint density at radius 2 is 1.72 bits per heavy atom. The van der Waals surface area contributed by atoms with Crippen molar-refractivity contribution in [1.29, 1.82) is 0 Å². The number of hydrogen-bond donors (Lipinski definition) is 0. The molecule has 0 N–H and O–H groups in total. The van der Waals surface area contributed by atoms with E-state index in [-0.39, 0.29) is 17.4 Å². The highest BCUT2D eigenvalue weighted by Gasteiger charge is 2.19. The molecular formula is C24H20FN3O3S. The molecule has 6 nitrogen and oxygen atoms in total. The summed E-state index contributed by atoms with van der Waals surface area (Å²) in [5.41, 5.74) is 2.02. The van der Waals surface area contributed by atoms with Gasteiger partial charge in [-0.15, -0.1) is 10.2 Å². The Bertz CT molecular complexity index is 1230. The van der Waals surface area contributed by atoms with Crippen LogP contribution < -0.4 is 9.47 Å². The molecule has 0 bridgehead atoms. The fourth-order valence-electron chi connectivity index (χ4n) is 3.20. The Labute approximate surface area is 189 Å². The van der Waals surface area contributed by atoms with Crippen LogP contribution in [0.2, 0.25) is 0 Å². The molecule has 4 rings (SSSR count). The molecule has 1 heterocycles. The minimum Gasteiger partial charge on any atom is -0.497 e. The summed E-state index contributed by atoms with van der Waals surface area (Å²) in [6, 6.07) is 20.7. The molecule has 0 amide bonds. The molecule has 162 valence electrons. The maximum Gasteiger partial charge on any atom is 0.196 e. The molecule has 32 heavy (non-hydrogen) atoms. The number of carbonyl (C=O) groups excluding carboxylic acids is 1. The van der Waals surface area contributed by atoms with Crippen molar-refractivity contribution in [2.75, 3.05) is 20.0 Å². The number of aromatic nitrogens is 3. The van der Waals surface area contributed by atoms with E-state index >= 15 is 0 Å². The predicted octanol–water partition coefficient (Wildman–Crippen LogP) is 5.07. The number of ether oxygens (including phenoxy) is 2. The lowest BCUT2D eigenvalue weighted by atomic mass is 10.1. The van der Waals surface area contributed by atoms with Gasteiger partial charge < -0.3 is 9.47 Å². The molecule has 0 atom stereocenters. The molecule has 3 aromatic carbocycles. The number of halogens is 1. The smallest absolute Gasteiger partial charge is 0.196 e. The molecule has 0 saturated carbocycles. The van der Waals surface area contributed by atoms with Gasteiger partial charge in [-0.1, -0.05) is 30.0 Å². The second kappa shape index (κ2) is 9.65. The van der Waals surface area contributed by atoms with Crippen molar-refractivity contribution in [2.45, 2.75) is 5.16 Å². The number of Topliss-reactive ketones (excluding diaryl/α,β-unsaturated/α-hetero) is 1. The summed E-state index contributed by atoms with van der Waals surface area (Å²) in [5.74, 6) is 1.32. The maximum absolute atomic E-state index is 13.4. The van der Waals surface area contributed by atoms with Crippen LogP contribution in [0, 0.1) is 5.82 Å². The molecule has 0 unspecified atom stereocenters. The zero-order chi connectivity index (χ0) is 22.5. The third kappa shape index (κ3) is 4.50. The van der Waals surface area contributed by atoms with Crippen LogP contribution >= 0.6 is 11.8 Å². The van der Waals surface area contributed by atoms with Crippen LogP contribution in [-0.4, -0.2) is 40.5 Å². The first kappa shape index (κ1) is 21.6. The summed E-state index contributed by atoms with van der Waals surface area (Å²) in [4.78, 5) is 12.9. The van der Waals surface area contributed by atoms with Gasteiger partial charge >= 0.3 is 0 Å². The number of nitrogens with zero attached hydrogens (tertiary/aromatic N) is 3. The molecule has 0 radical (unpaired) electrons. The van der Waals surface area contributed by atoms with Crippen molar-refractivity contribution >= 4 is 17.5 Å². The van der Waals surface area contributed by atoms with Crippen molar-refractivity contribution in [1.82, 2.24) is 14.8 Å². The van der Waals surface area contributed by atoms with Crippen molar-refractivity contribution in [3.63, 3.8) is 0 Å². The zero-order valence-electron chi connectivity index (χ0n) is 17.5. The van der Waals surface area contributed by atoms with Crippen molar-refractivity contribution in [3.8, 4) is 28.6 Å². The molecule has 0 fully saturated rings. The summed E-state index contributed by atoms with van der Waals surface area (Å²) < 4.78 is 25.8. The first-order valence-corrected chi connectivity index (χ1v) is 10.7. The van der Waals surface area contributed by atoms with Gasteiger partial charge in [0, 0.05) is 17.3 Å². The van der Waals surface area contributed by atoms with Crippen LogP contribution in [0.3, 0.4) is 0 Å². The number of methoxy groups -OCH3 is 2. The van der Waals surface area contributed by atoms with E-state index in [1.165, 1.54) is 31.0 Å². The number of thioether (sulfide) groups is 1. The van der Waals surface area contributed by atoms with Crippen LogP contribution in [0.25, 0.3) is 17.1 Å². The molecule has 0 aliphatic heterocycles. The van der Waals surface area contributed by atoms with Gasteiger partial charge in [0.2, 0.25) is 0 Å². The number of ketones is 1. The third-order valence-corrected chi connectivity index (χ3v) is 5.72. The fourth-order valence-corrected chi connectivity index (χ4v) is 4.03. The quantitative estimate of drug-likeness (QED) is 0.277. The van der Waals surface area contributed by atoms with Gasteiger partial charge in [-0.05, 0) is 48.5 Å². The monoisotopic (exact) mass is 449 g/mol. The highest BCUT2D eigenvalue weighted by Crippen LogP contribution is 2.30. The van der Waals surface area contributed by atoms with Gasteiger partial charge in [0.15, 0.2) is 16.8 Å². The second-order valence-corrected chi connectivity index (χ2v) is 7.70. The molecule has 0 aliphatic carbocycles. The number of rotatable bonds is 8. The molecule has 1 aromatic heterocycles. The van der Waals surface area contributed by atoms with Crippen LogP contribution in [0.5, 0.6) is 11.5 Å². The fraction of sp³-hybridized carbons (Fsp3) is 0.125. The van der Waals surface area contributed by atoms with E-state index in [4.69, 9.17) is 9.47 Å². The largest absolute Gasteiger partial charge is 0.497 e. The second-order valence-electron chi connectivity index (χ2n) is 6.76. The van der Waals surface area contributed by atoms with E-state index in [1.807, 2.05) is 34.9 Å². The third-order valence-electron chi connectivity index (χ3n) is 4.79. The topological polar surface area (TPSA) is 66.2 Å². The lowest BCUT2D eigenvalue weighted by molar-refractivity contribution is 0.101. The van der Waals surface area contributed by atoms with E-state index in [2.05, 4.69) is 10.2 Å². The standard InChI is InChI=1S/C24H20FN3O3S/c1-30-19-12-13-20(22(14-19)31-2)21(29)15-32-24-27-26-23(16-8-10-17(25)11-9-16)28(24)18-6-4-3-5-7-18/h3-14H,15H2,1-2H3. The van der Waals surface area contributed by atoms with E-state index in [0.717, 1.165) is 11.3 Å². The summed E-state index contributed by atoms with van der Waals surface area (Å²) in [6.07, 6.45) is 0. The minimum atomic E-state index is -0.326. The van der Waals surface area contributed by atoms with Crippen molar-refractivity contribution in [2.24, 2.45) is 0 Å². The number of benzene rings is 3. The maximum atomic E-state index is 13.4. The van der Waals surface area contributed by atoms with Crippen LogP contribution in [0.4, 0.5) is 4.39 Å². The Hall–Kier alpha value is -3.65. The van der Waals surface area contributed by atoms with Crippen molar-refractivity contribution < 1.29 is 18.7 Å². The molecule has 0 aliphatic rings. The van der Waals surface area contributed by atoms with Crippen LogP contribution in [0.15, 0.2) is 78.0 Å². The number of carbonyl (C=O) groups is 1. The van der Waals surface area contributed by atoms with Gasteiger partial charge in [0.05, 0.1) is 25.5 Å². The highest BCUT2D eigenvalue weighted by molar-refractivity contribution is 7.99. The molecule has 0 spiro atoms. The zero-order valence-corrected chi connectivity index (χ0v) is 18.3. The Morgan fingerprint density at radius 1 is 0.969 bits per heavy atom. The SMILES string of the molecule is COc1ccc(C(=O)CSc2nnc(-c3ccc(F)cc3)n2-c2ccccc2)c(OC)c1. The highest BCUT2D eigenvalue weighted by atomic mass is 32.2. The number of hydrogen-bond acceptors (Lipinski definition) is 6. The molecular weight excluding hydrogens is 429 g/mol. The van der Waals surface area contributed by atoms with Crippen molar-refractivity contribution in [3.05, 3.63) is 84.2 Å². The average molecular weight is 450 g/mol. The predicted molar refractivity (Wildman–Crippen MR) is 121 cm³/mol. The first-order chi connectivity index (χ1) is 15.6.